The zero-order chi connectivity index (χ0) is 23.8. The van der Waals surface area contributed by atoms with Crippen LogP contribution in [0, 0.1) is 5.92 Å². The lowest BCUT2D eigenvalue weighted by Crippen LogP contribution is -2.09. The van der Waals surface area contributed by atoms with Crippen molar-refractivity contribution in [3.05, 3.63) is 70.8 Å². The molecule has 0 fully saturated rings. The van der Waals surface area contributed by atoms with Gasteiger partial charge in [-0.25, -0.2) is 15.0 Å². The quantitative estimate of drug-likeness (QED) is 0.341. The Morgan fingerprint density at radius 3 is 2.42 bits per heavy atom. The molecule has 1 unspecified atom stereocenters. The Labute approximate surface area is 196 Å². The molecule has 1 atom stereocenters. The third kappa shape index (κ3) is 7.32. The molecule has 5 nitrogen and oxygen atoms in total. The molecule has 2 aromatic heterocycles. The van der Waals surface area contributed by atoms with Gasteiger partial charge in [-0.3, -0.25) is 0 Å². The monoisotopic (exact) mass is 478 g/mol. The third-order valence-electron chi connectivity index (χ3n) is 5.35. The maximum absolute atomic E-state index is 12.6. The van der Waals surface area contributed by atoms with Crippen molar-refractivity contribution in [1.82, 2.24) is 15.0 Å². The number of ether oxygens (including phenoxy) is 1. The summed E-state index contributed by atoms with van der Waals surface area (Å²) in [6.45, 7) is 5.01. The first-order valence-electron chi connectivity index (χ1n) is 10.8. The molecule has 0 saturated carbocycles. The minimum atomic E-state index is -4.42. The second-order valence-corrected chi connectivity index (χ2v) is 8.22. The average Bonchev–Trinajstić information content (AvgIpc) is 2.80. The molecule has 1 aromatic carbocycles. The van der Waals surface area contributed by atoms with E-state index in [4.69, 9.17) is 16.3 Å². The first kappa shape index (κ1) is 24.8. The highest BCUT2D eigenvalue weighted by molar-refractivity contribution is 6.33. The molecule has 0 saturated heterocycles. The molecule has 0 aliphatic carbocycles. The lowest BCUT2D eigenvalue weighted by atomic mass is 10.0. The van der Waals surface area contributed by atoms with Crippen molar-refractivity contribution in [1.29, 1.82) is 0 Å². The number of aromatic nitrogens is 3. The Morgan fingerprint density at radius 2 is 1.79 bits per heavy atom. The van der Waals surface area contributed by atoms with E-state index in [9.17, 15) is 13.2 Å². The highest BCUT2D eigenvalue weighted by Crippen LogP contribution is 2.30. The van der Waals surface area contributed by atoms with E-state index in [-0.39, 0.29) is 5.88 Å². The van der Waals surface area contributed by atoms with E-state index in [1.54, 1.807) is 12.1 Å². The fourth-order valence-electron chi connectivity index (χ4n) is 3.07. The summed E-state index contributed by atoms with van der Waals surface area (Å²) in [5, 5.41) is 3.82. The number of halogens is 4. The second-order valence-electron chi connectivity index (χ2n) is 7.84. The highest BCUT2D eigenvalue weighted by atomic mass is 35.5. The molecule has 3 aromatic rings. The Hall–Kier alpha value is -2.87. The molecular weight excluding hydrogens is 453 g/mol. The average molecular weight is 479 g/mol. The summed E-state index contributed by atoms with van der Waals surface area (Å²) >= 11 is 6.48. The fraction of sp³-hybridized carbons (Fsp3) is 0.375. The number of hydrogen-bond acceptors (Lipinski definition) is 5. The van der Waals surface area contributed by atoms with Crippen LogP contribution in [0.5, 0.6) is 11.6 Å². The molecular formula is C24H26ClF3N4O. The van der Waals surface area contributed by atoms with E-state index in [0.717, 1.165) is 49.2 Å². The van der Waals surface area contributed by atoms with Crippen LogP contribution in [0.25, 0.3) is 0 Å². The Bertz CT molecular complexity index is 1030. The number of nitrogens with zero attached hydrogens (tertiary/aromatic N) is 3. The molecule has 3 rings (SSSR count). The minimum absolute atomic E-state index is 0.0972. The molecule has 176 valence electrons. The zero-order valence-electron chi connectivity index (χ0n) is 18.5. The van der Waals surface area contributed by atoms with Crippen molar-refractivity contribution in [3.63, 3.8) is 0 Å². The van der Waals surface area contributed by atoms with Gasteiger partial charge in [-0.15, -0.1) is 0 Å². The van der Waals surface area contributed by atoms with Crippen molar-refractivity contribution in [2.45, 2.75) is 45.7 Å². The molecule has 0 radical (unpaired) electrons. The van der Waals surface area contributed by atoms with Crippen molar-refractivity contribution in [2.24, 2.45) is 5.92 Å². The third-order valence-corrected chi connectivity index (χ3v) is 5.75. The number of pyridine rings is 1. The fourth-order valence-corrected chi connectivity index (χ4v) is 3.33. The lowest BCUT2D eigenvalue weighted by molar-refractivity contribution is -0.137. The topological polar surface area (TPSA) is 59.9 Å². The summed E-state index contributed by atoms with van der Waals surface area (Å²) < 4.78 is 43.4. The van der Waals surface area contributed by atoms with E-state index in [1.807, 2.05) is 12.1 Å². The molecule has 0 amide bonds. The van der Waals surface area contributed by atoms with Gasteiger partial charge in [0.2, 0.25) is 5.88 Å². The number of alkyl halides is 3. The Balaban J connectivity index is 1.51. The minimum Gasteiger partial charge on any atom is -0.439 e. The van der Waals surface area contributed by atoms with Crippen molar-refractivity contribution in [3.8, 4) is 11.6 Å². The number of aryl methyl sites for hydroxylation is 1. The molecule has 0 spiro atoms. The molecule has 9 heteroatoms. The normalized spacial score (nSPS) is 12.4. The number of anilines is 1. The van der Waals surface area contributed by atoms with E-state index >= 15 is 0 Å². The SMILES string of the molecule is CCC(C)CCc1ncnc(NCCc2ccc(Oc3ccc(C(F)(F)F)cn3)cc2)c1Cl. The molecule has 0 aliphatic rings. The number of rotatable bonds is 10. The van der Waals surface area contributed by atoms with Crippen LogP contribution in [-0.4, -0.2) is 21.5 Å². The summed E-state index contributed by atoms with van der Waals surface area (Å²) in [5.74, 6) is 1.83. The summed E-state index contributed by atoms with van der Waals surface area (Å²) in [7, 11) is 0. The van der Waals surface area contributed by atoms with Gasteiger partial charge < -0.3 is 10.1 Å². The van der Waals surface area contributed by atoms with E-state index in [2.05, 4.69) is 34.1 Å². The second kappa shape index (κ2) is 11.3. The van der Waals surface area contributed by atoms with E-state index in [1.165, 1.54) is 12.4 Å². The van der Waals surface area contributed by atoms with Gasteiger partial charge in [0.05, 0.1) is 11.3 Å². The molecule has 0 bridgehead atoms. The van der Waals surface area contributed by atoms with Crippen LogP contribution in [0.2, 0.25) is 5.02 Å². The molecule has 0 aliphatic heterocycles. The van der Waals surface area contributed by atoms with Crippen LogP contribution in [0.15, 0.2) is 48.9 Å². The van der Waals surface area contributed by atoms with Crippen LogP contribution in [0.3, 0.4) is 0 Å². The van der Waals surface area contributed by atoms with Gasteiger partial charge in [0.25, 0.3) is 0 Å². The van der Waals surface area contributed by atoms with Gasteiger partial charge in [0, 0.05) is 18.8 Å². The van der Waals surface area contributed by atoms with Gasteiger partial charge in [0.1, 0.15) is 22.9 Å². The van der Waals surface area contributed by atoms with Gasteiger partial charge in [-0.1, -0.05) is 44.0 Å². The molecule has 1 N–H and O–H groups in total. The van der Waals surface area contributed by atoms with Gasteiger partial charge >= 0.3 is 6.18 Å². The molecule has 33 heavy (non-hydrogen) atoms. The highest BCUT2D eigenvalue weighted by Gasteiger charge is 2.30. The summed E-state index contributed by atoms with van der Waals surface area (Å²) in [6, 6.07) is 9.42. The number of hydrogen-bond donors (Lipinski definition) is 1. The van der Waals surface area contributed by atoms with Crippen molar-refractivity contribution >= 4 is 17.4 Å². The lowest BCUT2D eigenvalue weighted by Gasteiger charge is -2.12. The number of nitrogens with one attached hydrogen (secondary N) is 1. The van der Waals surface area contributed by atoms with Crippen LogP contribution in [0.1, 0.15) is 43.5 Å². The smallest absolute Gasteiger partial charge is 0.417 e. The maximum atomic E-state index is 12.6. The van der Waals surface area contributed by atoms with Gasteiger partial charge in [0.15, 0.2) is 0 Å². The first-order chi connectivity index (χ1) is 15.8. The first-order valence-corrected chi connectivity index (χ1v) is 11.2. The zero-order valence-corrected chi connectivity index (χ0v) is 19.2. The predicted octanol–water partition coefficient (Wildman–Crippen LogP) is 6.97. The van der Waals surface area contributed by atoms with Crippen molar-refractivity contribution < 1.29 is 17.9 Å². The van der Waals surface area contributed by atoms with Crippen LogP contribution in [-0.2, 0) is 19.0 Å². The maximum Gasteiger partial charge on any atom is 0.417 e. The predicted molar refractivity (Wildman–Crippen MR) is 123 cm³/mol. The van der Waals surface area contributed by atoms with Crippen LogP contribution < -0.4 is 10.1 Å². The Kier molecular flexibility index (Phi) is 8.49. The Morgan fingerprint density at radius 1 is 1.03 bits per heavy atom. The van der Waals surface area contributed by atoms with E-state index in [0.29, 0.717) is 29.1 Å². The molecule has 2 heterocycles. The largest absolute Gasteiger partial charge is 0.439 e. The standard InChI is InChI=1S/C24H26ClF3N4O/c1-3-16(2)4-10-20-22(25)23(32-15-31-20)29-13-12-17-5-8-19(9-6-17)33-21-11-7-18(14-30-21)24(26,27)28/h5-9,11,14-16H,3-4,10,12-13H2,1-2H3,(H,29,31,32). The number of benzene rings is 1. The summed E-state index contributed by atoms with van der Waals surface area (Å²) in [5.41, 5.74) is 1.09. The van der Waals surface area contributed by atoms with Gasteiger partial charge in [-0.05, 0) is 48.9 Å². The van der Waals surface area contributed by atoms with Crippen LogP contribution in [0.4, 0.5) is 19.0 Å². The summed E-state index contributed by atoms with van der Waals surface area (Å²) in [4.78, 5) is 12.3. The van der Waals surface area contributed by atoms with Crippen LogP contribution >= 0.6 is 11.6 Å². The van der Waals surface area contributed by atoms with E-state index < -0.39 is 11.7 Å². The summed E-state index contributed by atoms with van der Waals surface area (Å²) in [6.07, 6.45) is 1.56. The van der Waals surface area contributed by atoms with Crippen molar-refractivity contribution in [2.75, 3.05) is 11.9 Å². The van der Waals surface area contributed by atoms with Gasteiger partial charge in [-0.2, -0.15) is 13.2 Å².